The maximum Gasteiger partial charge on any atom is 0.254 e. The summed E-state index contributed by atoms with van der Waals surface area (Å²) in [4.78, 5) is 14.5. The molecule has 0 aliphatic rings. The molecule has 0 radical (unpaired) electrons. The lowest BCUT2D eigenvalue weighted by Crippen LogP contribution is -2.25. The largest absolute Gasteiger partial charge is 0.382 e. The zero-order valence-electron chi connectivity index (χ0n) is 9.29. The van der Waals surface area contributed by atoms with Gasteiger partial charge in [-0.3, -0.25) is 4.79 Å². The van der Waals surface area contributed by atoms with Crippen molar-refractivity contribution in [3.8, 4) is 0 Å². The molecule has 1 heterocycles. The number of H-pyrrole nitrogens is 1. The Hall–Kier alpha value is -1.20. The molecule has 0 bridgehead atoms. The SMILES string of the molecule is CCOCCCNC(=O)c1ccc[nH]c1=S. The van der Waals surface area contributed by atoms with E-state index in [1.165, 1.54) is 0 Å². The molecule has 1 rings (SSSR count). The van der Waals surface area contributed by atoms with Crippen molar-refractivity contribution in [2.75, 3.05) is 19.8 Å². The van der Waals surface area contributed by atoms with Crippen LogP contribution >= 0.6 is 12.2 Å². The smallest absolute Gasteiger partial charge is 0.254 e. The maximum atomic E-state index is 11.7. The van der Waals surface area contributed by atoms with Gasteiger partial charge in [-0.1, -0.05) is 12.2 Å². The number of aromatic nitrogens is 1. The Morgan fingerprint density at radius 3 is 3.12 bits per heavy atom. The molecule has 0 aliphatic carbocycles. The zero-order chi connectivity index (χ0) is 11.8. The van der Waals surface area contributed by atoms with Crippen LogP contribution in [0.1, 0.15) is 23.7 Å². The van der Waals surface area contributed by atoms with E-state index in [1.54, 1.807) is 18.3 Å². The number of nitrogens with one attached hydrogen (secondary N) is 2. The van der Waals surface area contributed by atoms with Gasteiger partial charge in [-0.2, -0.15) is 0 Å². The van der Waals surface area contributed by atoms with Crippen molar-refractivity contribution < 1.29 is 9.53 Å². The van der Waals surface area contributed by atoms with Crippen molar-refractivity contribution in [3.63, 3.8) is 0 Å². The van der Waals surface area contributed by atoms with Crippen LogP contribution in [0.25, 0.3) is 0 Å². The Balaban J connectivity index is 2.36. The third-order valence-electron chi connectivity index (χ3n) is 2.02. The minimum Gasteiger partial charge on any atom is -0.382 e. The number of carbonyl (C=O) groups is 1. The zero-order valence-corrected chi connectivity index (χ0v) is 10.1. The van der Waals surface area contributed by atoms with Gasteiger partial charge in [0, 0.05) is 26.0 Å². The number of aromatic amines is 1. The summed E-state index contributed by atoms with van der Waals surface area (Å²) < 4.78 is 5.63. The van der Waals surface area contributed by atoms with E-state index in [0.29, 0.717) is 30.0 Å². The van der Waals surface area contributed by atoms with Crippen LogP contribution in [-0.2, 0) is 4.74 Å². The Bertz CT molecular complexity index is 390. The second-order valence-corrected chi connectivity index (χ2v) is 3.63. The van der Waals surface area contributed by atoms with E-state index in [2.05, 4.69) is 10.3 Å². The summed E-state index contributed by atoms with van der Waals surface area (Å²) in [5, 5.41) is 2.79. The fourth-order valence-electron chi connectivity index (χ4n) is 1.22. The van der Waals surface area contributed by atoms with Crippen LogP contribution in [0.5, 0.6) is 0 Å². The van der Waals surface area contributed by atoms with Crippen molar-refractivity contribution in [1.29, 1.82) is 0 Å². The molecule has 4 nitrogen and oxygen atoms in total. The average Bonchev–Trinajstić information content (AvgIpc) is 2.29. The van der Waals surface area contributed by atoms with Crippen molar-refractivity contribution >= 4 is 18.1 Å². The topological polar surface area (TPSA) is 54.1 Å². The molecule has 0 unspecified atom stereocenters. The summed E-state index contributed by atoms with van der Waals surface area (Å²) in [5.41, 5.74) is 0.508. The highest BCUT2D eigenvalue weighted by Gasteiger charge is 2.05. The van der Waals surface area contributed by atoms with Crippen LogP contribution in [0, 0.1) is 4.64 Å². The van der Waals surface area contributed by atoms with Crippen LogP contribution in [-0.4, -0.2) is 30.6 Å². The first-order valence-corrected chi connectivity index (χ1v) is 5.70. The van der Waals surface area contributed by atoms with Crippen LogP contribution in [0.15, 0.2) is 18.3 Å². The van der Waals surface area contributed by atoms with Gasteiger partial charge in [-0.25, -0.2) is 0 Å². The molecule has 0 atom stereocenters. The van der Waals surface area contributed by atoms with Gasteiger partial charge in [-0.05, 0) is 25.5 Å². The second-order valence-electron chi connectivity index (χ2n) is 3.22. The van der Waals surface area contributed by atoms with Gasteiger partial charge in [0.2, 0.25) is 0 Å². The first kappa shape index (κ1) is 12.9. The molecule has 2 N–H and O–H groups in total. The van der Waals surface area contributed by atoms with E-state index in [0.717, 1.165) is 6.42 Å². The molecule has 1 aromatic heterocycles. The molecule has 16 heavy (non-hydrogen) atoms. The minimum atomic E-state index is -0.140. The summed E-state index contributed by atoms with van der Waals surface area (Å²) in [6, 6.07) is 3.46. The summed E-state index contributed by atoms with van der Waals surface area (Å²) >= 11 is 5.01. The average molecular weight is 240 g/mol. The van der Waals surface area contributed by atoms with Crippen molar-refractivity contribution in [1.82, 2.24) is 10.3 Å². The highest BCUT2D eigenvalue weighted by molar-refractivity contribution is 7.71. The van der Waals surface area contributed by atoms with Gasteiger partial charge in [0.25, 0.3) is 5.91 Å². The van der Waals surface area contributed by atoms with Gasteiger partial charge in [-0.15, -0.1) is 0 Å². The van der Waals surface area contributed by atoms with E-state index in [9.17, 15) is 4.79 Å². The Kier molecular flexibility index (Phi) is 5.74. The number of hydrogen-bond donors (Lipinski definition) is 2. The standard InChI is InChI=1S/C11H16N2O2S/c1-2-15-8-4-7-12-10(14)9-5-3-6-13-11(9)16/h3,5-6H,2,4,7-8H2,1H3,(H,12,14)(H,13,16). The summed E-state index contributed by atoms with van der Waals surface area (Å²) in [6.07, 6.45) is 2.51. The lowest BCUT2D eigenvalue weighted by Gasteiger charge is -2.05. The number of hydrogen-bond acceptors (Lipinski definition) is 3. The lowest BCUT2D eigenvalue weighted by molar-refractivity contribution is 0.0943. The van der Waals surface area contributed by atoms with E-state index in [4.69, 9.17) is 17.0 Å². The van der Waals surface area contributed by atoms with E-state index in [-0.39, 0.29) is 5.91 Å². The van der Waals surface area contributed by atoms with Crippen molar-refractivity contribution in [2.45, 2.75) is 13.3 Å². The molecule has 1 amide bonds. The highest BCUT2D eigenvalue weighted by atomic mass is 32.1. The third kappa shape index (κ3) is 4.12. The van der Waals surface area contributed by atoms with E-state index < -0.39 is 0 Å². The third-order valence-corrected chi connectivity index (χ3v) is 2.36. The van der Waals surface area contributed by atoms with E-state index in [1.807, 2.05) is 6.92 Å². The Morgan fingerprint density at radius 1 is 1.62 bits per heavy atom. The molecule has 0 saturated carbocycles. The fraction of sp³-hybridized carbons (Fsp3) is 0.455. The van der Waals surface area contributed by atoms with Crippen molar-refractivity contribution in [2.24, 2.45) is 0 Å². The lowest BCUT2D eigenvalue weighted by atomic mass is 10.2. The maximum absolute atomic E-state index is 11.7. The first-order valence-electron chi connectivity index (χ1n) is 5.29. The van der Waals surface area contributed by atoms with Crippen LogP contribution in [0.3, 0.4) is 0 Å². The molecular weight excluding hydrogens is 224 g/mol. The molecule has 0 spiro atoms. The van der Waals surface area contributed by atoms with Gasteiger partial charge in [0.05, 0.1) is 5.56 Å². The molecule has 0 aromatic carbocycles. The molecule has 88 valence electrons. The number of carbonyl (C=O) groups excluding carboxylic acids is 1. The van der Waals surface area contributed by atoms with Gasteiger partial charge >= 0.3 is 0 Å². The molecule has 0 fully saturated rings. The number of rotatable bonds is 6. The minimum absolute atomic E-state index is 0.140. The Morgan fingerprint density at radius 2 is 2.44 bits per heavy atom. The van der Waals surface area contributed by atoms with E-state index >= 15 is 0 Å². The highest BCUT2D eigenvalue weighted by Crippen LogP contribution is 1.98. The Labute approximate surface area is 100 Å². The number of pyridine rings is 1. The molecule has 0 saturated heterocycles. The second kappa shape index (κ2) is 7.14. The van der Waals surface area contributed by atoms with Gasteiger partial charge < -0.3 is 15.0 Å². The number of ether oxygens (including phenoxy) is 1. The molecule has 5 heteroatoms. The first-order chi connectivity index (χ1) is 7.75. The van der Waals surface area contributed by atoms with Gasteiger partial charge in [0.1, 0.15) is 4.64 Å². The number of amides is 1. The van der Waals surface area contributed by atoms with Crippen LogP contribution in [0.4, 0.5) is 0 Å². The summed E-state index contributed by atoms with van der Waals surface area (Å²) in [5.74, 6) is -0.140. The monoisotopic (exact) mass is 240 g/mol. The predicted molar refractivity (Wildman–Crippen MR) is 65.1 cm³/mol. The van der Waals surface area contributed by atoms with Crippen LogP contribution < -0.4 is 5.32 Å². The van der Waals surface area contributed by atoms with Gasteiger partial charge in [0.15, 0.2) is 0 Å². The fourth-order valence-corrected chi connectivity index (χ4v) is 1.44. The summed E-state index contributed by atoms with van der Waals surface area (Å²) in [6.45, 7) is 3.92. The predicted octanol–water partition coefficient (Wildman–Crippen LogP) is 1.90. The normalized spacial score (nSPS) is 10.1. The van der Waals surface area contributed by atoms with Crippen LogP contribution in [0.2, 0.25) is 0 Å². The molecule has 1 aromatic rings. The van der Waals surface area contributed by atoms with Crippen molar-refractivity contribution in [3.05, 3.63) is 28.5 Å². The summed E-state index contributed by atoms with van der Waals surface area (Å²) in [7, 11) is 0. The molecular formula is C11H16N2O2S. The molecule has 0 aliphatic heterocycles. The quantitative estimate of drug-likeness (QED) is 0.590.